The van der Waals surface area contributed by atoms with Gasteiger partial charge in [0.25, 0.3) is 11.6 Å². The number of pyridine rings is 1. The second kappa shape index (κ2) is 6.82. The molecule has 7 heteroatoms. The van der Waals surface area contributed by atoms with Gasteiger partial charge in [0.2, 0.25) is 0 Å². The van der Waals surface area contributed by atoms with E-state index < -0.39 is 0 Å². The summed E-state index contributed by atoms with van der Waals surface area (Å²) < 4.78 is 10.1. The minimum Gasteiger partial charge on any atom is -0.469 e. The molecule has 7 nitrogen and oxygen atoms in total. The number of carbonyl (C=O) groups is 2. The smallest absolute Gasteiger partial charge is 0.308 e. The number of aromatic nitrogens is 2. The summed E-state index contributed by atoms with van der Waals surface area (Å²) in [5.41, 5.74) is 2.43. The van der Waals surface area contributed by atoms with Crippen LogP contribution in [0, 0.1) is 12.8 Å². The number of carbonyl (C=O) groups excluding carboxylic acids is 2. The number of hydrogen-bond acceptors (Lipinski definition) is 6. The maximum Gasteiger partial charge on any atom is 0.308 e. The number of piperidine rings is 1. The van der Waals surface area contributed by atoms with Crippen molar-refractivity contribution in [3.8, 4) is 0 Å². The number of aryl methyl sites for hydroxylation is 1. The maximum atomic E-state index is 13.1. The Hall–Kier alpha value is -2.44. The summed E-state index contributed by atoms with van der Waals surface area (Å²) in [6, 6.07) is 1.84. The molecule has 1 fully saturated rings. The van der Waals surface area contributed by atoms with Crippen molar-refractivity contribution in [1.29, 1.82) is 0 Å². The van der Waals surface area contributed by atoms with E-state index in [9.17, 15) is 9.59 Å². The molecule has 1 aliphatic rings. The highest BCUT2D eigenvalue weighted by Gasteiger charge is 2.30. The van der Waals surface area contributed by atoms with Crippen LogP contribution in [0.1, 0.15) is 54.4 Å². The molecule has 134 valence electrons. The van der Waals surface area contributed by atoms with Crippen molar-refractivity contribution < 1.29 is 18.8 Å². The van der Waals surface area contributed by atoms with Crippen LogP contribution in [0.2, 0.25) is 0 Å². The Bertz CT molecular complexity index is 804. The SMILES string of the molecule is COC(=O)C1CCN(C(=O)c2cc(C(C)C)nc3onc(C)c23)CC1. The van der Waals surface area contributed by atoms with Crippen LogP contribution in [0.25, 0.3) is 11.1 Å². The van der Waals surface area contributed by atoms with Gasteiger partial charge >= 0.3 is 5.97 Å². The van der Waals surface area contributed by atoms with Gasteiger partial charge in [0.15, 0.2) is 0 Å². The first-order valence-electron chi connectivity index (χ1n) is 8.56. The first kappa shape index (κ1) is 17.4. The summed E-state index contributed by atoms with van der Waals surface area (Å²) in [4.78, 5) is 31.0. The van der Waals surface area contributed by atoms with Crippen molar-refractivity contribution in [1.82, 2.24) is 15.0 Å². The highest BCUT2D eigenvalue weighted by Crippen LogP contribution is 2.28. The molecular formula is C18H23N3O4. The number of fused-ring (bicyclic) bond motifs is 1. The van der Waals surface area contributed by atoms with Crippen LogP contribution >= 0.6 is 0 Å². The molecule has 2 aromatic heterocycles. The standard InChI is InChI=1S/C18H23N3O4/c1-10(2)14-9-13(15-11(3)20-25-16(15)19-14)17(22)21-7-5-12(6-8-21)18(23)24-4/h9-10,12H,5-8H2,1-4H3. The van der Waals surface area contributed by atoms with Crippen LogP contribution in [-0.4, -0.2) is 47.1 Å². The fourth-order valence-corrected chi connectivity index (χ4v) is 3.23. The third-order valence-corrected chi connectivity index (χ3v) is 4.78. The van der Waals surface area contributed by atoms with Crippen molar-refractivity contribution in [3.05, 3.63) is 23.0 Å². The van der Waals surface area contributed by atoms with Crippen LogP contribution in [0.15, 0.2) is 10.6 Å². The van der Waals surface area contributed by atoms with Gasteiger partial charge in [0.1, 0.15) is 0 Å². The molecule has 1 aliphatic heterocycles. The summed E-state index contributed by atoms with van der Waals surface area (Å²) in [7, 11) is 1.40. The van der Waals surface area contributed by atoms with Gasteiger partial charge in [-0.25, -0.2) is 4.98 Å². The minimum absolute atomic E-state index is 0.0658. The third-order valence-electron chi connectivity index (χ3n) is 4.78. The Morgan fingerprint density at radius 2 is 2.00 bits per heavy atom. The molecule has 1 saturated heterocycles. The molecule has 0 aliphatic carbocycles. The zero-order chi connectivity index (χ0) is 18.1. The Morgan fingerprint density at radius 1 is 1.32 bits per heavy atom. The average Bonchev–Trinajstić information content (AvgIpc) is 3.01. The Morgan fingerprint density at radius 3 is 2.60 bits per heavy atom. The molecule has 3 rings (SSSR count). The summed E-state index contributed by atoms with van der Waals surface area (Å²) in [5.74, 6) is -0.222. The third kappa shape index (κ3) is 3.23. The number of hydrogen-bond donors (Lipinski definition) is 0. The minimum atomic E-state index is -0.199. The summed E-state index contributed by atoms with van der Waals surface area (Å²) >= 11 is 0. The lowest BCUT2D eigenvalue weighted by Crippen LogP contribution is -2.40. The van der Waals surface area contributed by atoms with E-state index in [0.717, 1.165) is 5.69 Å². The van der Waals surface area contributed by atoms with Crippen LogP contribution in [0.4, 0.5) is 0 Å². The number of amides is 1. The van der Waals surface area contributed by atoms with Crippen molar-refractivity contribution in [3.63, 3.8) is 0 Å². The number of esters is 1. The lowest BCUT2D eigenvalue weighted by atomic mass is 9.96. The molecule has 0 spiro atoms. The fourth-order valence-electron chi connectivity index (χ4n) is 3.23. The Kier molecular flexibility index (Phi) is 4.74. The molecule has 3 heterocycles. The largest absolute Gasteiger partial charge is 0.469 e. The van der Waals surface area contributed by atoms with E-state index in [0.29, 0.717) is 48.3 Å². The van der Waals surface area contributed by atoms with Gasteiger partial charge in [-0.05, 0) is 31.7 Å². The number of nitrogens with zero attached hydrogens (tertiary/aromatic N) is 3. The number of rotatable bonds is 3. The predicted octanol–water partition coefficient (Wildman–Crippen LogP) is 2.68. The molecule has 25 heavy (non-hydrogen) atoms. The number of ether oxygens (including phenoxy) is 1. The summed E-state index contributed by atoms with van der Waals surface area (Å²) in [5, 5.41) is 4.63. The first-order valence-corrected chi connectivity index (χ1v) is 8.56. The highest BCUT2D eigenvalue weighted by atomic mass is 16.5. The number of likely N-dealkylation sites (tertiary alicyclic amines) is 1. The summed E-state index contributed by atoms with van der Waals surface area (Å²) in [6.07, 6.45) is 1.23. The van der Waals surface area contributed by atoms with Gasteiger partial charge in [-0.3, -0.25) is 9.59 Å². The van der Waals surface area contributed by atoms with E-state index in [1.165, 1.54) is 7.11 Å². The molecule has 0 bridgehead atoms. The molecule has 2 aromatic rings. The second-order valence-electron chi connectivity index (χ2n) is 6.79. The monoisotopic (exact) mass is 345 g/mol. The zero-order valence-corrected chi connectivity index (χ0v) is 15.0. The van der Waals surface area contributed by atoms with Crippen LogP contribution < -0.4 is 0 Å². The number of methoxy groups -OCH3 is 1. The van der Waals surface area contributed by atoms with Crippen LogP contribution in [-0.2, 0) is 9.53 Å². The normalized spacial score (nSPS) is 15.8. The van der Waals surface area contributed by atoms with Crippen LogP contribution in [0.3, 0.4) is 0 Å². The van der Waals surface area contributed by atoms with Gasteiger partial charge in [0.05, 0.1) is 29.7 Å². The van der Waals surface area contributed by atoms with Crippen molar-refractivity contribution in [2.24, 2.45) is 5.92 Å². The average molecular weight is 345 g/mol. The van der Waals surface area contributed by atoms with Gasteiger partial charge in [0, 0.05) is 18.8 Å². The van der Waals surface area contributed by atoms with Gasteiger partial charge in [-0.2, -0.15) is 0 Å². The van der Waals surface area contributed by atoms with Crippen molar-refractivity contribution in [2.75, 3.05) is 20.2 Å². The van der Waals surface area contributed by atoms with Crippen molar-refractivity contribution >= 4 is 23.0 Å². The van der Waals surface area contributed by atoms with Crippen LogP contribution in [0.5, 0.6) is 0 Å². The topological polar surface area (TPSA) is 85.5 Å². The molecule has 0 aromatic carbocycles. The Balaban J connectivity index is 1.90. The lowest BCUT2D eigenvalue weighted by molar-refractivity contribution is -0.146. The Labute approximate surface area is 146 Å². The molecule has 0 unspecified atom stereocenters. The van der Waals surface area contributed by atoms with E-state index in [4.69, 9.17) is 9.26 Å². The van der Waals surface area contributed by atoms with Gasteiger partial charge < -0.3 is 14.2 Å². The first-order chi connectivity index (χ1) is 11.9. The highest BCUT2D eigenvalue weighted by molar-refractivity contribution is 6.06. The predicted molar refractivity (Wildman–Crippen MR) is 91.3 cm³/mol. The lowest BCUT2D eigenvalue weighted by Gasteiger charge is -2.31. The quantitative estimate of drug-likeness (QED) is 0.795. The van der Waals surface area contributed by atoms with Crippen molar-refractivity contribution in [2.45, 2.75) is 39.5 Å². The fraction of sp³-hybridized carbons (Fsp3) is 0.556. The second-order valence-corrected chi connectivity index (χ2v) is 6.79. The molecule has 0 radical (unpaired) electrons. The molecule has 0 atom stereocenters. The van der Waals surface area contributed by atoms with E-state index in [-0.39, 0.29) is 23.7 Å². The van der Waals surface area contributed by atoms with E-state index in [1.54, 1.807) is 4.90 Å². The zero-order valence-electron chi connectivity index (χ0n) is 15.0. The van der Waals surface area contributed by atoms with Gasteiger partial charge in [-0.1, -0.05) is 19.0 Å². The maximum absolute atomic E-state index is 13.1. The molecule has 0 saturated carbocycles. The molecular weight excluding hydrogens is 322 g/mol. The van der Waals surface area contributed by atoms with E-state index in [2.05, 4.69) is 10.1 Å². The van der Waals surface area contributed by atoms with Gasteiger partial charge in [-0.15, -0.1) is 0 Å². The van der Waals surface area contributed by atoms with E-state index >= 15 is 0 Å². The summed E-state index contributed by atoms with van der Waals surface area (Å²) in [6.45, 7) is 6.91. The molecule has 1 amide bonds. The van der Waals surface area contributed by atoms with E-state index in [1.807, 2.05) is 26.8 Å². The molecule has 0 N–H and O–H groups in total.